The van der Waals surface area contributed by atoms with E-state index in [1.165, 1.54) is 0 Å². The predicted octanol–water partition coefficient (Wildman–Crippen LogP) is 1.04. The van der Waals surface area contributed by atoms with E-state index in [-0.39, 0.29) is 13.1 Å². The van der Waals surface area contributed by atoms with Gasteiger partial charge in [-0.15, -0.1) is 0 Å². The van der Waals surface area contributed by atoms with Gasteiger partial charge in [-0.1, -0.05) is 19.1 Å². The zero-order chi connectivity index (χ0) is 14.3. The van der Waals surface area contributed by atoms with Gasteiger partial charge in [0.1, 0.15) is 6.54 Å². The summed E-state index contributed by atoms with van der Waals surface area (Å²) in [6.07, 6.45) is 1.12. The van der Waals surface area contributed by atoms with Crippen LogP contribution < -0.4 is 4.31 Å². The number of aryl methyl sites for hydroxylation is 1. The number of fused-ring (bicyclic) bond motifs is 1. The molecule has 0 saturated heterocycles. The fourth-order valence-electron chi connectivity index (χ4n) is 2.28. The number of hydrogen-bond acceptors (Lipinski definition) is 2. The molecule has 1 N–H and O–H groups in total. The SMILES string of the molecule is CCc1ccc2c(c1)C[NH+](S(=O)(=O)C(F)(F)F)CC2. The largest absolute Gasteiger partial charge is 0.549 e. The number of halogens is 3. The van der Waals surface area contributed by atoms with E-state index in [0.717, 1.165) is 17.5 Å². The average Bonchev–Trinajstić information content (AvgIpc) is 2.36. The molecule has 106 valence electrons. The number of hydrogen-bond donors (Lipinski definition) is 1. The fraction of sp³-hybridized carbons (Fsp3) is 0.500. The van der Waals surface area contributed by atoms with Crippen LogP contribution in [0.4, 0.5) is 13.2 Å². The topological polar surface area (TPSA) is 38.6 Å². The predicted molar refractivity (Wildman–Crippen MR) is 64.0 cm³/mol. The number of sulfonamides is 1. The van der Waals surface area contributed by atoms with Crippen LogP contribution in [0.3, 0.4) is 0 Å². The Morgan fingerprint density at radius 3 is 2.53 bits per heavy atom. The molecule has 2 rings (SSSR count). The summed E-state index contributed by atoms with van der Waals surface area (Å²) >= 11 is 0. The molecule has 0 aliphatic carbocycles. The van der Waals surface area contributed by atoms with Gasteiger partial charge in [-0.05, 0) is 23.6 Å². The molecule has 0 amide bonds. The fourth-order valence-corrected chi connectivity index (χ4v) is 3.32. The van der Waals surface area contributed by atoms with Crippen LogP contribution in [0.25, 0.3) is 0 Å². The Hall–Kier alpha value is -1.08. The highest BCUT2D eigenvalue weighted by Gasteiger charge is 2.54. The molecule has 1 heterocycles. The summed E-state index contributed by atoms with van der Waals surface area (Å²) in [6.45, 7) is 1.78. The van der Waals surface area contributed by atoms with Gasteiger partial charge >= 0.3 is 15.5 Å². The minimum absolute atomic E-state index is 0.0414. The Morgan fingerprint density at radius 1 is 1.26 bits per heavy atom. The van der Waals surface area contributed by atoms with Gasteiger partial charge < -0.3 is 0 Å². The Morgan fingerprint density at radius 2 is 1.95 bits per heavy atom. The number of nitrogens with one attached hydrogen (secondary N) is 1. The molecule has 1 atom stereocenters. The van der Waals surface area contributed by atoms with Gasteiger partial charge in [-0.25, -0.2) is 4.31 Å². The Balaban J connectivity index is 2.32. The average molecular weight is 294 g/mol. The van der Waals surface area contributed by atoms with Gasteiger partial charge in [-0.2, -0.15) is 21.6 Å². The van der Waals surface area contributed by atoms with Gasteiger partial charge in [0.2, 0.25) is 0 Å². The van der Waals surface area contributed by atoms with Crippen LogP contribution in [-0.4, -0.2) is 20.5 Å². The van der Waals surface area contributed by atoms with E-state index in [1.54, 1.807) is 6.07 Å². The first kappa shape index (κ1) is 14.3. The molecule has 7 heteroatoms. The first-order valence-electron chi connectivity index (χ1n) is 6.02. The number of quaternary nitrogens is 1. The molecule has 0 radical (unpaired) electrons. The Bertz CT molecular complexity index is 581. The molecule has 1 unspecified atom stereocenters. The minimum Gasteiger partial charge on any atom is -0.218 e. The van der Waals surface area contributed by atoms with Crippen molar-refractivity contribution in [2.75, 3.05) is 6.54 Å². The quantitative estimate of drug-likeness (QED) is 0.885. The standard InChI is InChI=1S/C12H14F3NO2S/c1-2-9-3-4-10-5-6-16(8-11(10)7-9)19(17,18)12(13,14)15/h3-4,7H,2,5-6,8H2,1H3/p+1. The third kappa shape index (κ3) is 2.62. The minimum atomic E-state index is -5.19. The van der Waals surface area contributed by atoms with E-state index in [4.69, 9.17) is 0 Å². The second-order valence-corrected chi connectivity index (χ2v) is 6.67. The van der Waals surface area contributed by atoms with Gasteiger partial charge in [0, 0.05) is 12.0 Å². The summed E-state index contributed by atoms with van der Waals surface area (Å²) in [6, 6.07) is 5.62. The van der Waals surface area contributed by atoms with E-state index < -0.39 is 19.8 Å². The highest BCUT2D eigenvalue weighted by molar-refractivity contribution is 7.85. The summed E-state index contributed by atoms with van der Waals surface area (Å²) in [5, 5.41) is 0. The van der Waals surface area contributed by atoms with Crippen molar-refractivity contribution in [3.63, 3.8) is 0 Å². The van der Waals surface area contributed by atoms with Gasteiger partial charge in [-0.3, -0.25) is 0 Å². The highest BCUT2D eigenvalue weighted by Crippen LogP contribution is 2.21. The second kappa shape index (κ2) is 4.79. The van der Waals surface area contributed by atoms with Crippen LogP contribution in [0.5, 0.6) is 0 Å². The van der Waals surface area contributed by atoms with Crippen molar-refractivity contribution in [2.45, 2.75) is 31.8 Å². The maximum atomic E-state index is 12.5. The van der Waals surface area contributed by atoms with E-state index in [9.17, 15) is 21.6 Å². The number of rotatable bonds is 2. The summed E-state index contributed by atoms with van der Waals surface area (Å²) in [4.78, 5) is 0. The first-order chi connectivity index (χ1) is 8.75. The molecule has 3 nitrogen and oxygen atoms in total. The Labute approximate surface area is 110 Å². The second-order valence-electron chi connectivity index (χ2n) is 4.62. The van der Waals surface area contributed by atoms with Crippen molar-refractivity contribution >= 4 is 10.0 Å². The normalized spacial score (nSPS) is 20.1. The van der Waals surface area contributed by atoms with E-state index in [0.29, 0.717) is 12.0 Å². The van der Waals surface area contributed by atoms with Crippen molar-refractivity contribution < 1.29 is 25.9 Å². The lowest BCUT2D eigenvalue weighted by atomic mass is 9.98. The Kier molecular flexibility index (Phi) is 3.61. The van der Waals surface area contributed by atoms with Crippen LogP contribution in [0.2, 0.25) is 0 Å². The lowest BCUT2D eigenvalue weighted by molar-refractivity contribution is -0.788. The van der Waals surface area contributed by atoms with Crippen molar-refractivity contribution in [3.8, 4) is 0 Å². The third-order valence-corrected chi connectivity index (χ3v) is 5.14. The van der Waals surface area contributed by atoms with E-state index >= 15 is 0 Å². The smallest absolute Gasteiger partial charge is 0.218 e. The van der Waals surface area contributed by atoms with Crippen LogP contribution in [0.1, 0.15) is 23.6 Å². The molecular formula is C12H15F3NO2S+. The van der Waals surface area contributed by atoms with Crippen LogP contribution in [-0.2, 0) is 29.4 Å². The molecule has 19 heavy (non-hydrogen) atoms. The number of benzene rings is 1. The van der Waals surface area contributed by atoms with Crippen LogP contribution >= 0.6 is 0 Å². The molecule has 0 fully saturated rings. The number of alkyl halides is 3. The van der Waals surface area contributed by atoms with Crippen molar-refractivity contribution in [1.82, 2.24) is 0 Å². The molecule has 1 aliphatic rings. The molecule has 1 aromatic carbocycles. The molecule has 1 aromatic rings. The van der Waals surface area contributed by atoms with E-state index in [1.807, 2.05) is 19.1 Å². The maximum absolute atomic E-state index is 12.5. The summed E-state index contributed by atoms with van der Waals surface area (Å²) in [7, 11) is -5.15. The van der Waals surface area contributed by atoms with Crippen molar-refractivity contribution in [3.05, 3.63) is 34.9 Å². The molecule has 0 bridgehead atoms. The summed E-state index contributed by atoms with van der Waals surface area (Å²) in [5.74, 6) is 0. The molecule has 1 aliphatic heterocycles. The highest BCUT2D eigenvalue weighted by atomic mass is 32.2. The lowest BCUT2D eigenvalue weighted by Gasteiger charge is -2.25. The summed E-state index contributed by atoms with van der Waals surface area (Å²) in [5.41, 5.74) is -2.54. The zero-order valence-electron chi connectivity index (χ0n) is 10.4. The van der Waals surface area contributed by atoms with Crippen LogP contribution in [0, 0.1) is 0 Å². The molecule has 0 spiro atoms. The van der Waals surface area contributed by atoms with E-state index in [2.05, 4.69) is 0 Å². The summed E-state index contributed by atoms with van der Waals surface area (Å²) < 4.78 is 60.0. The van der Waals surface area contributed by atoms with Crippen LogP contribution in [0.15, 0.2) is 18.2 Å². The first-order valence-corrected chi connectivity index (χ1v) is 7.50. The van der Waals surface area contributed by atoms with Gasteiger partial charge in [0.05, 0.1) is 6.54 Å². The maximum Gasteiger partial charge on any atom is 0.549 e. The van der Waals surface area contributed by atoms with Gasteiger partial charge in [0.15, 0.2) is 0 Å². The monoisotopic (exact) mass is 294 g/mol. The molecular weight excluding hydrogens is 279 g/mol. The van der Waals surface area contributed by atoms with Gasteiger partial charge in [0.25, 0.3) is 0 Å². The third-order valence-electron chi connectivity index (χ3n) is 3.42. The van der Waals surface area contributed by atoms with Crippen molar-refractivity contribution in [2.24, 2.45) is 0 Å². The van der Waals surface area contributed by atoms with Crippen molar-refractivity contribution in [1.29, 1.82) is 0 Å². The molecule has 0 saturated carbocycles. The molecule has 0 aromatic heterocycles. The zero-order valence-corrected chi connectivity index (χ0v) is 11.2. The lowest BCUT2D eigenvalue weighted by Crippen LogP contribution is -3.14.